The lowest BCUT2D eigenvalue weighted by Gasteiger charge is -2.12. The fraction of sp³-hybridized carbons (Fsp3) is 0.111. The molecule has 0 amide bonds. The lowest BCUT2D eigenvalue weighted by molar-refractivity contribution is -0.161. The number of carboxylic acid groups (broad SMARTS) is 1. The molecule has 0 spiro atoms. The van der Waals surface area contributed by atoms with E-state index in [9.17, 15) is 14.7 Å². The molecule has 0 aliphatic heterocycles. The molecule has 0 radical (unpaired) electrons. The molecule has 0 bridgehead atoms. The summed E-state index contributed by atoms with van der Waals surface area (Å²) in [4.78, 5) is 23.1. The normalized spacial score (nSPS) is 11.9. The third-order valence-corrected chi connectivity index (χ3v) is 3.09. The fourth-order valence-corrected chi connectivity index (χ4v) is 1.92. The van der Waals surface area contributed by atoms with Gasteiger partial charge in [-0.2, -0.15) is 0 Å². The topological polar surface area (TPSA) is 72.8 Å². The van der Waals surface area contributed by atoms with Crippen molar-refractivity contribution in [1.29, 1.82) is 0 Å². The maximum atomic E-state index is 11.8. The molecule has 23 heavy (non-hydrogen) atoms. The summed E-state index contributed by atoms with van der Waals surface area (Å²) in [6.45, 7) is 0. The van der Waals surface area contributed by atoms with Crippen molar-refractivity contribution in [2.75, 3.05) is 7.11 Å². The smallest absolute Gasteiger partial charge is 0.349 e. The molecule has 5 heteroatoms. The third kappa shape index (κ3) is 4.71. The molecule has 0 aromatic heterocycles. The number of esters is 1. The van der Waals surface area contributed by atoms with E-state index in [0.717, 1.165) is 5.56 Å². The van der Waals surface area contributed by atoms with Crippen LogP contribution in [0.2, 0.25) is 0 Å². The van der Waals surface area contributed by atoms with Gasteiger partial charge in [0.2, 0.25) is 6.10 Å². The molecule has 0 aliphatic rings. The summed E-state index contributed by atoms with van der Waals surface area (Å²) < 4.78 is 10.1. The van der Waals surface area contributed by atoms with Crippen LogP contribution in [0.15, 0.2) is 60.7 Å². The number of hydrogen-bond donors (Lipinski definition) is 1. The minimum atomic E-state index is -1.33. The summed E-state index contributed by atoms with van der Waals surface area (Å²) in [7, 11) is 1.57. The molecule has 5 nitrogen and oxygen atoms in total. The van der Waals surface area contributed by atoms with Crippen molar-refractivity contribution in [3.05, 3.63) is 71.8 Å². The number of methoxy groups -OCH3 is 1. The van der Waals surface area contributed by atoms with Crippen LogP contribution in [-0.4, -0.2) is 24.2 Å². The van der Waals surface area contributed by atoms with Crippen molar-refractivity contribution in [3.63, 3.8) is 0 Å². The molecule has 0 fully saturated rings. The van der Waals surface area contributed by atoms with E-state index in [4.69, 9.17) is 9.47 Å². The monoisotopic (exact) mass is 312 g/mol. The second kappa shape index (κ2) is 7.79. The number of carboxylic acids is 1. The van der Waals surface area contributed by atoms with Gasteiger partial charge in [0.1, 0.15) is 5.75 Å². The molecule has 1 atom stereocenters. The van der Waals surface area contributed by atoms with Crippen molar-refractivity contribution < 1.29 is 24.2 Å². The first kappa shape index (κ1) is 16.3. The number of carbonyl (C=O) groups is 2. The number of ether oxygens (including phenoxy) is 2. The van der Waals surface area contributed by atoms with Gasteiger partial charge in [-0.25, -0.2) is 9.59 Å². The lowest BCUT2D eigenvalue weighted by atomic mass is 10.1. The van der Waals surface area contributed by atoms with Crippen molar-refractivity contribution in [3.8, 4) is 5.75 Å². The Balaban J connectivity index is 2.04. The van der Waals surface area contributed by atoms with Crippen molar-refractivity contribution in [2.24, 2.45) is 0 Å². The Morgan fingerprint density at radius 3 is 2.26 bits per heavy atom. The van der Waals surface area contributed by atoms with Crippen LogP contribution in [0.5, 0.6) is 5.75 Å². The molecule has 2 rings (SSSR count). The molecule has 2 aromatic carbocycles. The minimum Gasteiger partial charge on any atom is -0.497 e. The molecule has 118 valence electrons. The first-order chi connectivity index (χ1) is 11.1. The Kier molecular flexibility index (Phi) is 5.52. The van der Waals surface area contributed by atoms with Gasteiger partial charge in [0.15, 0.2) is 0 Å². The zero-order valence-corrected chi connectivity index (χ0v) is 12.5. The van der Waals surface area contributed by atoms with Crippen LogP contribution in [0.1, 0.15) is 17.2 Å². The number of carbonyl (C=O) groups excluding carboxylic acids is 1. The summed E-state index contributed by atoms with van der Waals surface area (Å²) in [5, 5.41) is 9.20. The highest BCUT2D eigenvalue weighted by Crippen LogP contribution is 2.18. The van der Waals surface area contributed by atoms with Crippen molar-refractivity contribution >= 4 is 18.0 Å². The number of rotatable bonds is 6. The standard InChI is InChI=1S/C18H16O5/c1-22-15-10-7-13(8-11-15)9-12-16(19)23-17(18(20)21)14-5-3-2-4-6-14/h2-12,17H,1H3,(H,20,21)/b12-9+. The quantitative estimate of drug-likeness (QED) is 0.655. The zero-order valence-electron chi connectivity index (χ0n) is 12.5. The predicted octanol–water partition coefficient (Wildman–Crippen LogP) is 3.08. The second-order valence-electron chi connectivity index (χ2n) is 4.67. The summed E-state index contributed by atoms with van der Waals surface area (Å²) in [5.74, 6) is -1.24. The van der Waals surface area contributed by atoms with Gasteiger partial charge in [0, 0.05) is 11.6 Å². The Morgan fingerprint density at radius 1 is 1.04 bits per heavy atom. The molecule has 2 aromatic rings. The van der Waals surface area contributed by atoms with E-state index < -0.39 is 18.0 Å². The van der Waals surface area contributed by atoms with Crippen LogP contribution in [0, 0.1) is 0 Å². The van der Waals surface area contributed by atoms with Gasteiger partial charge in [-0.3, -0.25) is 0 Å². The van der Waals surface area contributed by atoms with E-state index in [1.165, 1.54) is 6.08 Å². The molecule has 1 N–H and O–H groups in total. The van der Waals surface area contributed by atoms with Gasteiger partial charge in [-0.05, 0) is 23.8 Å². The van der Waals surface area contributed by atoms with E-state index in [1.807, 2.05) is 0 Å². The van der Waals surface area contributed by atoms with Crippen molar-refractivity contribution in [1.82, 2.24) is 0 Å². The van der Waals surface area contributed by atoms with E-state index in [2.05, 4.69) is 0 Å². The van der Waals surface area contributed by atoms with Crippen LogP contribution >= 0.6 is 0 Å². The van der Waals surface area contributed by atoms with Crippen LogP contribution in [0.25, 0.3) is 6.08 Å². The Morgan fingerprint density at radius 2 is 1.70 bits per heavy atom. The van der Waals surface area contributed by atoms with Crippen LogP contribution < -0.4 is 4.74 Å². The largest absolute Gasteiger partial charge is 0.497 e. The predicted molar refractivity (Wildman–Crippen MR) is 84.9 cm³/mol. The fourth-order valence-electron chi connectivity index (χ4n) is 1.92. The third-order valence-electron chi connectivity index (χ3n) is 3.09. The first-order valence-electron chi connectivity index (χ1n) is 6.90. The maximum Gasteiger partial charge on any atom is 0.349 e. The van der Waals surface area contributed by atoms with Gasteiger partial charge in [-0.1, -0.05) is 42.5 Å². The molecule has 0 heterocycles. The minimum absolute atomic E-state index is 0.409. The zero-order chi connectivity index (χ0) is 16.7. The average Bonchev–Trinajstić information content (AvgIpc) is 2.58. The van der Waals surface area contributed by atoms with Gasteiger partial charge >= 0.3 is 11.9 Å². The van der Waals surface area contributed by atoms with Gasteiger partial charge in [-0.15, -0.1) is 0 Å². The second-order valence-corrected chi connectivity index (χ2v) is 4.67. The van der Waals surface area contributed by atoms with Gasteiger partial charge < -0.3 is 14.6 Å². The molecule has 0 aliphatic carbocycles. The molecular formula is C18H16O5. The molecular weight excluding hydrogens is 296 g/mol. The molecule has 0 saturated heterocycles. The highest BCUT2D eigenvalue weighted by molar-refractivity contribution is 5.89. The first-order valence-corrected chi connectivity index (χ1v) is 6.90. The summed E-state index contributed by atoms with van der Waals surface area (Å²) >= 11 is 0. The number of benzene rings is 2. The van der Waals surface area contributed by atoms with Crippen LogP contribution in [0.3, 0.4) is 0 Å². The maximum absolute atomic E-state index is 11.8. The summed E-state index contributed by atoms with van der Waals surface area (Å²) in [6, 6.07) is 15.4. The van der Waals surface area contributed by atoms with E-state index >= 15 is 0 Å². The molecule has 1 unspecified atom stereocenters. The average molecular weight is 312 g/mol. The Bertz CT molecular complexity index is 689. The van der Waals surface area contributed by atoms with E-state index in [0.29, 0.717) is 11.3 Å². The van der Waals surface area contributed by atoms with Gasteiger partial charge in [0.25, 0.3) is 0 Å². The van der Waals surface area contributed by atoms with E-state index in [1.54, 1.807) is 67.8 Å². The Hall–Kier alpha value is -3.08. The molecule has 0 saturated carbocycles. The SMILES string of the molecule is COc1ccc(/C=C/C(=O)OC(C(=O)O)c2ccccc2)cc1. The van der Waals surface area contributed by atoms with Gasteiger partial charge in [0.05, 0.1) is 7.11 Å². The summed E-state index contributed by atoms with van der Waals surface area (Å²) in [6.07, 6.45) is 1.41. The van der Waals surface area contributed by atoms with E-state index in [-0.39, 0.29) is 0 Å². The number of aliphatic carboxylic acids is 1. The highest BCUT2D eigenvalue weighted by atomic mass is 16.6. The summed E-state index contributed by atoms with van der Waals surface area (Å²) in [5.41, 5.74) is 1.18. The lowest BCUT2D eigenvalue weighted by Crippen LogP contribution is -2.18. The number of hydrogen-bond acceptors (Lipinski definition) is 4. The van der Waals surface area contributed by atoms with Crippen LogP contribution in [-0.2, 0) is 14.3 Å². The van der Waals surface area contributed by atoms with Crippen molar-refractivity contribution in [2.45, 2.75) is 6.10 Å². The highest BCUT2D eigenvalue weighted by Gasteiger charge is 2.23. The Labute approximate surface area is 133 Å². The van der Waals surface area contributed by atoms with Crippen LogP contribution in [0.4, 0.5) is 0 Å².